The molecule has 1 saturated heterocycles. The lowest BCUT2D eigenvalue weighted by atomic mass is 9.93. The third-order valence-electron chi connectivity index (χ3n) is 6.72. The fourth-order valence-corrected chi connectivity index (χ4v) is 5.26. The Hall–Kier alpha value is -3.48. The molecule has 17 heteroatoms. The summed E-state index contributed by atoms with van der Waals surface area (Å²) < 4.78 is 110. The average molecular weight is 757 g/mol. The number of hydrogen-bond acceptors (Lipinski definition) is 8. The van der Waals surface area contributed by atoms with Gasteiger partial charge < -0.3 is 19.2 Å². The van der Waals surface area contributed by atoms with Gasteiger partial charge in [0, 0.05) is 21.7 Å². The Bertz CT molecular complexity index is 1590. The first-order chi connectivity index (χ1) is 20.8. The highest BCUT2D eigenvalue weighted by Gasteiger charge is 2.60. The Morgan fingerprint density at radius 2 is 1.89 bits per heavy atom. The lowest BCUT2D eigenvalue weighted by Crippen LogP contribution is -2.43. The third-order valence-corrected chi connectivity index (χ3v) is 7.54. The second-order valence-corrected chi connectivity index (χ2v) is 12.3. The molecule has 2 atom stereocenters. The smallest absolute Gasteiger partial charge is 0.430 e. The molecule has 0 saturated carbocycles. The Morgan fingerprint density at radius 3 is 2.47 bits per heavy atom. The summed E-state index contributed by atoms with van der Waals surface area (Å²) in [6, 6.07) is 2.22. The monoisotopic (exact) mass is 757 g/mol. The number of ether oxygens (including phenoxy) is 1. The van der Waals surface area contributed by atoms with Crippen LogP contribution in [0, 0.1) is 9.39 Å². The van der Waals surface area contributed by atoms with Crippen LogP contribution in [-0.2, 0) is 16.5 Å². The van der Waals surface area contributed by atoms with Gasteiger partial charge in [0.15, 0.2) is 5.69 Å². The van der Waals surface area contributed by atoms with E-state index in [4.69, 9.17) is 9.15 Å². The summed E-state index contributed by atoms with van der Waals surface area (Å²) >= 11 is 1.43. The predicted molar refractivity (Wildman–Crippen MR) is 156 cm³/mol. The number of benzene rings is 1. The highest BCUT2D eigenvalue weighted by atomic mass is 127. The number of nitrogens with one attached hydrogen (secondary N) is 1. The van der Waals surface area contributed by atoms with Gasteiger partial charge in [0.1, 0.15) is 22.8 Å². The van der Waals surface area contributed by atoms with E-state index in [2.05, 4.69) is 27.1 Å². The first kappa shape index (κ1) is 34.4. The van der Waals surface area contributed by atoms with E-state index >= 15 is 0 Å². The van der Waals surface area contributed by atoms with Crippen LogP contribution in [0.2, 0.25) is 0 Å². The number of amides is 1. The SMILES string of the molecule is C=CC[C@@H]1CCCN1c1nc(-c2nnc(C(O)(c3ccc(F)c(I)c3)C(F)(F)F)o2)c(NC(=O)OC(C)(C)C)cc1C(F)(F)F. The summed E-state index contributed by atoms with van der Waals surface area (Å²) in [5, 5.41) is 20.0. The molecule has 1 aromatic carbocycles. The molecule has 2 N–H and O–H groups in total. The number of pyridine rings is 1. The standard InChI is InChI=1S/C28H27F7IN5O4/c1-5-7-15-8-6-11-41(15)21-16(27(30,31)32)13-19(37-24(42)45-25(2,3)4)20(38-21)22-39-40-23(44-22)26(43,28(33,34)35)14-9-10-17(29)18(36)12-14/h5,9-10,12-13,15,43H,1,6-8,11H2,2-4H3,(H,37,42)/t15-,26?/m1/s1. The van der Waals surface area contributed by atoms with Crippen LogP contribution in [0.3, 0.4) is 0 Å². The number of nitrogens with zero attached hydrogens (tertiary/aromatic N) is 4. The maximum Gasteiger partial charge on any atom is 0.430 e. The number of aliphatic hydroxyl groups is 1. The Balaban J connectivity index is 1.94. The Morgan fingerprint density at radius 1 is 1.20 bits per heavy atom. The van der Waals surface area contributed by atoms with E-state index in [1.54, 1.807) is 0 Å². The number of alkyl halides is 6. The van der Waals surface area contributed by atoms with Crippen molar-refractivity contribution >= 4 is 40.2 Å². The molecular weight excluding hydrogens is 730 g/mol. The van der Waals surface area contributed by atoms with Gasteiger partial charge in [-0.2, -0.15) is 26.3 Å². The summed E-state index contributed by atoms with van der Waals surface area (Å²) in [4.78, 5) is 18.1. The second-order valence-electron chi connectivity index (χ2n) is 11.1. The molecular formula is C28H27F7IN5O4. The summed E-state index contributed by atoms with van der Waals surface area (Å²) in [6.45, 7) is 8.32. The van der Waals surface area contributed by atoms with Crippen molar-refractivity contribution in [3.05, 3.63) is 63.3 Å². The number of aromatic nitrogens is 3. The van der Waals surface area contributed by atoms with Gasteiger partial charge in [-0.1, -0.05) is 12.1 Å². The quantitative estimate of drug-likeness (QED) is 0.144. The minimum atomic E-state index is -5.48. The minimum absolute atomic E-state index is 0.166. The van der Waals surface area contributed by atoms with Gasteiger partial charge in [-0.15, -0.1) is 16.8 Å². The zero-order valence-electron chi connectivity index (χ0n) is 24.0. The van der Waals surface area contributed by atoms with Gasteiger partial charge in [0.25, 0.3) is 17.4 Å². The van der Waals surface area contributed by atoms with E-state index in [1.807, 2.05) is 0 Å². The van der Waals surface area contributed by atoms with Gasteiger partial charge in [0.2, 0.25) is 0 Å². The molecule has 0 radical (unpaired) electrons. The molecule has 0 bridgehead atoms. The number of halogens is 8. The van der Waals surface area contributed by atoms with Crippen molar-refractivity contribution in [1.29, 1.82) is 0 Å². The van der Waals surface area contributed by atoms with Gasteiger partial charge in [-0.25, -0.2) is 14.2 Å². The normalized spacial score (nSPS) is 17.2. The van der Waals surface area contributed by atoms with E-state index in [9.17, 15) is 40.6 Å². The van der Waals surface area contributed by atoms with Gasteiger partial charge in [-0.3, -0.25) is 5.32 Å². The molecule has 2 aromatic heterocycles. The van der Waals surface area contributed by atoms with E-state index in [-0.39, 0.29) is 10.1 Å². The summed E-state index contributed by atoms with van der Waals surface area (Å²) in [5.74, 6) is -3.73. The first-order valence-electron chi connectivity index (χ1n) is 13.3. The summed E-state index contributed by atoms with van der Waals surface area (Å²) in [5.41, 5.74) is -8.43. The molecule has 9 nitrogen and oxygen atoms in total. The van der Waals surface area contributed by atoms with Crippen LogP contribution in [0.25, 0.3) is 11.6 Å². The Kier molecular flexibility index (Phi) is 9.46. The van der Waals surface area contributed by atoms with Crippen LogP contribution in [0.1, 0.15) is 57.1 Å². The summed E-state index contributed by atoms with van der Waals surface area (Å²) in [7, 11) is 0. The molecule has 1 amide bonds. The van der Waals surface area contributed by atoms with Crippen LogP contribution in [0.15, 0.2) is 41.3 Å². The fraction of sp³-hybridized carbons (Fsp3) is 0.429. The van der Waals surface area contributed by atoms with Crippen molar-refractivity contribution in [2.75, 3.05) is 16.8 Å². The fourth-order valence-electron chi connectivity index (χ4n) is 4.75. The van der Waals surface area contributed by atoms with E-state index in [1.165, 1.54) is 54.3 Å². The van der Waals surface area contributed by atoms with Gasteiger partial charge >= 0.3 is 18.4 Å². The number of anilines is 2. The first-order valence-corrected chi connectivity index (χ1v) is 14.4. The maximum absolute atomic E-state index is 14.4. The Labute approximate surface area is 266 Å². The third kappa shape index (κ3) is 7.18. The van der Waals surface area contributed by atoms with Crippen molar-refractivity contribution in [1.82, 2.24) is 15.2 Å². The van der Waals surface area contributed by atoms with Crippen molar-refractivity contribution < 1.29 is 49.8 Å². The molecule has 0 aliphatic carbocycles. The van der Waals surface area contributed by atoms with Crippen molar-refractivity contribution in [2.45, 2.75) is 69.6 Å². The lowest BCUT2D eigenvalue weighted by Gasteiger charge is -2.29. The zero-order valence-corrected chi connectivity index (χ0v) is 26.1. The van der Waals surface area contributed by atoms with E-state index in [0.717, 1.165) is 6.07 Å². The van der Waals surface area contributed by atoms with Gasteiger partial charge in [-0.05, 0) is 80.8 Å². The zero-order chi connectivity index (χ0) is 33.5. The van der Waals surface area contributed by atoms with Crippen molar-refractivity contribution in [3.63, 3.8) is 0 Å². The van der Waals surface area contributed by atoms with Crippen LogP contribution >= 0.6 is 22.6 Å². The topological polar surface area (TPSA) is 114 Å². The molecule has 1 unspecified atom stereocenters. The molecule has 1 aliphatic heterocycles. The molecule has 244 valence electrons. The molecule has 45 heavy (non-hydrogen) atoms. The molecule has 4 rings (SSSR count). The van der Waals surface area contributed by atoms with Gasteiger partial charge in [0.05, 0.1) is 5.69 Å². The number of hydrogen-bond donors (Lipinski definition) is 2. The number of carbonyl (C=O) groups is 1. The average Bonchev–Trinajstić information content (AvgIpc) is 3.58. The molecule has 3 heterocycles. The van der Waals surface area contributed by atoms with Crippen LogP contribution in [-0.4, -0.2) is 50.7 Å². The maximum atomic E-state index is 14.4. The van der Waals surface area contributed by atoms with Crippen LogP contribution in [0.4, 0.5) is 47.0 Å². The van der Waals surface area contributed by atoms with E-state index < -0.39 is 81.6 Å². The second kappa shape index (κ2) is 12.4. The molecule has 1 fully saturated rings. The van der Waals surface area contributed by atoms with Crippen LogP contribution < -0.4 is 10.2 Å². The largest absolute Gasteiger partial charge is 0.444 e. The van der Waals surface area contributed by atoms with Crippen molar-refractivity contribution in [2.24, 2.45) is 0 Å². The predicted octanol–water partition coefficient (Wildman–Crippen LogP) is 7.58. The van der Waals surface area contributed by atoms with Crippen LogP contribution in [0.5, 0.6) is 0 Å². The molecule has 0 spiro atoms. The highest BCUT2D eigenvalue weighted by Crippen LogP contribution is 2.46. The minimum Gasteiger partial charge on any atom is -0.444 e. The summed E-state index contributed by atoms with van der Waals surface area (Å²) in [6.07, 6.45) is -8.79. The number of rotatable bonds is 7. The molecule has 1 aliphatic rings. The van der Waals surface area contributed by atoms with E-state index in [0.29, 0.717) is 37.5 Å². The molecule has 3 aromatic rings. The van der Waals surface area contributed by atoms with Crippen molar-refractivity contribution in [3.8, 4) is 11.6 Å². The lowest BCUT2D eigenvalue weighted by molar-refractivity contribution is -0.255. The highest BCUT2D eigenvalue weighted by molar-refractivity contribution is 14.1. The number of carbonyl (C=O) groups excluding carboxylic acids is 1.